The Morgan fingerprint density at radius 2 is 1.65 bits per heavy atom. The summed E-state index contributed by atoms with van der Waals surface area (Å²) < 4.78 is 11.2. The molecule has 2 rings (SSSR count). The molecule has 0 fully saturated rings. The van der Waals surface area contributed by atoms with Gasteiger partial charge in [-0.2, -0.15) is 0 Å². The minimum absolute atomic E-state index is 0.0622. The summed E-state index contributed by atoms with van der Waals surface area (Å²) in [7, 11) is 0. The Morgan fingerprint density at radius 3 is 2.15 bits per heavy atom. The van der Waals surface area contributed by atoms with Crippen LogP contribution in [-0.4, -0.2) is 42.4 Å². The van der Waals surface area contributed by atoms with Crippen LogP contribution >= 0.6 is 0 Å². The van der Waals surface area contributed by atoms with Crippen LogP contribution in [0.3, 0.4) is 0 Å². The Labute approximate surface area is 119 Å². The van der Waals surface area contributed by atoms with Gasteiger partial charge < -0.3 is 19.7 Å². The van der Waals surface area contributed by atoms with Crippen LogP contribution in [0.4, 0.5) is 0 Å². The summed E-state index contributed by atoms with van der Waals surface area (Å²) in [4.78, 5) is 0. The molecule has 0 radical (unpaired) electrons. The van der Waals surface area contributed by atoms with Crippen LogP contribution in [0.1, 0.15) is 12.0 Å². The predicted molar refractivity (Wildman–Crippen MR) is 77.0 cm³/mol. The van der Waals surface area contributed by atoms with E-state index in [1.54, 1.807) is 0 Å². The Kier molecular flexibility index (Phi) is 5.49. The summed E-state index contributed by atoms with van der Waals surface area (Å²) in [6, 6.07) is 10.1. The number of allylic oxidation sites excluding steroid dienone is 2. The van der Waals surface area contributed by atoms with E-state index in [1.165, 1.54) is 0 Å². The van der Waals surface area contributed by atoms with Crippen LogP contribution in [0.15, 0.2) is 48.6 Å². The second-order valence-electron chi connectivity index (χ2n) is 4.52. The third kappa shape index (κ3) is 3.77. The molecule has 20 heavy (non-hydrogen) atoms. The number of benzene rings is 1. The highest BCUT2D eigenvalue weighted by Gasteiger charge is 2.30. The van der Waals surface area contributed by atoms with Gasteiger partial charge in [-0.15, -0.1) is 0 Å². The van der Waals surface area contributed by atoms with E-state index in [0.29, 0.717) is 6.42 Å². The zero-order valence-corrected chi connectivity index (χ0v) is 11.4. The molecule has 4 nitrogen and oxygen atoms in total. The van der Waals surface area contributed by atoms with E-state index in [1.807, 2.05) is 48.6 Å². The molecule has 0 aromatic heterocycles. The molecule has 1 aromatic carbocycles. The average Bonchev–Trinajstić information content (AvgIpc) is 2.53. The molecule has 0 bridgehead atoms. The van der Waals surface area contributed by atoms with E-state index < -0.39 is 5.79 Å². The van der Waals surface area contributed by atoms with Crippen molar-refractivity contribution in [2.45, 2.75) is 12.2 Å². The van der Waals surface area contributed by atoms with Gasteiger partial charge in [-0.25, -0.2) is 0 Å². The second kappa shape index (κ2) is 7.36. The highest BCUT2D eigenvalue weighted by Crippen LogP contribution is 2.30. The van der Waals surface area contributed by atoms with Crippen LogP contribution in [-0.2, 0) is 9.47 Å². The van der Waals surface area contributed by atoms with Crippen molar-refractivity contribution in [3.63, 3.8) is 0 Å². The van der Waals surface area contributed by atoms with Crippen molar-refractivity contribution < 1.29 is 19.7 Å². The van der Waals surface area contributed by atoms with Gasteiger partial charge in [0.15, 0.2) is 5.79 Å². The van der Waals surface area contributed by atoms with Gasteiger partial charge in [0.05, 0.1) is 26.4 Å². The van der Waals surface area contributed by atoms with Gasteiger partial charge in [0, 0.05) is 6.42 Å². The smallest absolute Gasteiger partial charge is 0.191 e. The Balaban J connectivity index is 2.08. The summed E-state index contributed by atoms with van der Waals surface area (Å²) >= 11 is 0. The highest BCUT2D eigenvalue weighted by molar-refractivity contribution is 5.75. The molecule has 2 N–H and O–H groups in total. The predicted octanol–water partition coefficient (Wildman–Crippen LogP) is 1.74. The van der Waals surface area contributed by atoms with Gasteiger partial charge in [0.2, 0.25) is 0 Å². The molecule has 0 heterocycles. The van der Waals surface area contributed by atoms with Crippen molar-refractivity contribution in [1.82, 2.24) is 0 Å². The molecular weight excluding hydrogens is 256 g/mol. The van der Waals surface area contributed by atoms with E-state index in [4.69, 9.17) is 19.7 Å². The first-order chi connectivity index (χ1) is 9.79. The van der Waals surface area contributed by atoms with Gasteiger partial charge in [-0.05, 0) is 17.2 Å². The number of aliphatic hydroxyl groups excluding tert-OH is 2. The first-order valence-corrected chi connectivity index (χ1v) is 6.74. The maximum Gasteiger partial charge on any atom is 0.191 e. The maximum atomic E-state index is 8.90. The van der Waals surface area contributed by atoms with Crippen molar-refractivity contribution in [3.05, 3.63) is 54.1 Å². The zero-order valence-electron chi connectivity index (χ0n) is 11.4. The van der Waals surface area contributed by atoms with Gasteiger partial charge in [0.1, 0.15) is 0 Å². The van der Waals surface area contributed by atoms with Crippen LogP contribution in [0.5, 0.6) is 0 Å². The first kappa shape index (κ1) is 14.9. The SMILES string of the molecule is OCCOC1(OCCO)C=CC(c2ccccc2)=CC1. The van der Waals surface area contributed by atoms with Gasteiger partial charge in [0.25, 0.3) is 0 Å². The number of hydrogen-bond donors (Lipinski definition) is 2. The highest BCUT2D eigenvalue weighted by atomic mass is 16.7. The molecule has 1 aromatic rings. The molecule has 0 amide bonds. The van der Waals surface area contributed by atoms with Crippen LogP contribution in [0.25, 0.3) is 5.57 Å². The summed E-state index contributed by atoms with van der Waals surface area (Å²) in [5.74, 6) is -0.885. The fraction of sp³-hybridized carbons (Fsp3) is 0.375. The van der Waals surface area contributed by atoms with Crippen molar-refractivity contribution in [3.8, 4) is 0 Å². The third-order valence-corrected chi connectivity index (χ3v) is 3.11. The molecule has 0 saturated heterocycles. The Bertz CT molecular complexity index is 457. The van der Waals surface area contributed by atoms with Gasteiger partial charge in [-0.3, -0.25) is 0 Å². The standard InChI is InChI=1S/C16H20O4/c17-10-12-19-16(20-13-11-18)8-6-15(7-9-16)14-4-2-1-3-5-14/h1-8,17-18H,9-13H2. The topological polar surface area (TPSA) is 58.9 Å². The van der Waals surface area contributed by atoms with Crippen molar-refractivity contribution in [2.75, 3.05) is 26.4 Å². The number of hydrogen-bond acceptors (Lipinski definition) is 4. The Hall–Kier alpha value is -1.46. The lowest BCUT2D eigenvalue weighted by Crippen LogP contribution is -2.36. The fourth-order valence-corrected chi connectivity index (χ4v) is 2.14. The van der Waals surface area contributed by atoms with Crippen LogP contribution < -0.4 is 0 Å². The number of rotatable bonds is 7. The lowest BCUT2D eigenvalue weighted by Gasteiger charge is -2.32. The summed E-state index contributed by atoms with van der Waals surface area (Å²) in [6.45, 7) is 0.273. The molecule has 0 aliphatic heterocycles. The third-order valence-electron chi connectivity index (χ3n) is 3.11. The lowest BCUT2D eigenvalue weighted by molar-refractivity contribution is -0.209. The van der Waals surface area contributed by atoms with Crippen molar-refractivity contribution in [1.29, 1.82) is 0 Å². The molecule has 1 aliphatic rings. The normalized spacial score (nSPS) is 17.0. The lowest BCUT2D eigenvalue weighted by atomic mass is 9.96. The first-order valence-electron chi connectivity index (χ1n) is 6.74. The maximum absolute atomic E-state index is 8.90. The fourth-order valence-electron chi connectivity index (χ4n) is 2.14. The van der Waals surface area contributed by atoms with E-state index in [0.717, 1.165) is 11.1 Å². The van der Waals surface area contributed by atoms with Crippen molar-refractivity contribution in [2.24, 2.45) is 0 Å². The van der Waals surface area contributed by atoms with Gasteiger partial charge in [-0.1, -0.05) is 42.5 Å². The molecule has 4 heteroatoms. The number of ether oxygens (including phenoxy) is 2. The summed E-state index contributed by atoms with van der Waals surface area (Å²) in [5.41, 5.74) is 2.25. The minimum Gasteiger partial charge on any atom is -0.394 e. The zero-order chi connectivity index (χ0) is 14.3. The second-order valence-corrected chi connectivity index (χ2v) is 4.52. The van der Waals surface area contributed by atoms with E-state index >= 15 is 0 Å². The molecule has 0 saturated carbocycles. The molecule has 1 aliphatic carbocycles. The average molecular weight is 276 g/mol. The quantitative estimate of drug-likeness (QED) is 0.745. The summed E-state index contributed by atoms with van der Waals surface area (Å²) in [5, 5.41) is 17.8. The number of aliphatic hydroxyl groups is 2. The molecular formula is C16H20O4. The largest absolute Gasteiger partial charge is 0.394 e. The molecule has 0 spiro atoms. The molecule has 108 valence electrons. The van der Waals surface area contributed by atoms with Crippen molar-refractivity contribution >= 4 is 5.57 Å². The van der Waals surface area contributed by atoms with E-state index in [-0.39, 0.29) is 26.4 Å². The van der Waals surface area contributed by atoms with Crippen LogP contribution in [0, 0.1) is 0 Å². The molecule has 0 atom stereocenters. The summed E-state index contributed by atoms with van der Waals surface area (Å²) in [6.07, 6.45) is 6.39. The monoisotopic (exact) mass is 276 g/mol. The van der Waals surface area contributed by atoms with Gasteiger partial charge >= 0.3 is 0 Å². The minimum atomic E-state index is -0.885. The van der Waals surface area contributed by atoms with E-state index in [2.05, 4.69) is 0 Å². The van der Waals surface area contributed by atoms with Crippen LogP contribution in [0.2, 0.25) is 0 Å². The van der Waals surface area contributed by atoms with E-state index in [9.17, 15) is 0 Å². The molecule has 0 unspecified atom stereocenters. The Morgan fingerprint density at radius 1 is 1.00 bits per heavy atom.